The van der Waals surface area contributed by atoms with Crippen molar-refractivity contribution < 1.29 is 4.74 Å². The minimum atomic E-state index is 0.762. The molecular weight excluding hydrogens is 364 g/mol. The summed E-state index contributed by atoms with van der Waals surface area (Å²) in [6.45, 7) is 7.77. The molecule has 0 unspecified atom stereocenters. The highest BCUT2D eigenvalue weighted by Gasteiger charge is 2.22. The van der Waals surface area contributed by atoms with Crippen LogP contribution in [-0.4, -0.2) is 6.61 Å². The molecule has 164 valence electrons. The SMILES string of the molecule is CCCCCCOc1ccc(-c2ccc(C3CCC(CCC(C)C)CC3)cc2)cc1. The van der Waals surface area contributed by atoms with Crippen LogP contribution in [0.15, 0.2) is 48.5 Å². The molecule has 0 aliphatic heterocycles. The second kappa shape index (κ2) is 12.2. The fourth-order valence-electron chi connectivity index (χ4n) is 4.76. The topological polar surface area (TPSA) is 9.23 Å². The maximum Gasteiger partial charge on any atom is 0.119 e. The predicted octanol–water partition coefficient (Wildman–Crippen LogP) is 9.02. The van der Waals surface area contributed by atoms with E-state index in [-0.39, 0.29) is 0 Å². The van der Waals surface area contributed by atoms with Gasteiger partial charge in [0.1, 0.15) is 5.75 Å². The maximum atomic E-state index is 5.88. The number of rotatable bonds is 11. The molecule has 0 N–H and O–H groups in total. The van der Waals surface area contributed by atoms with Crippen LogP contribution in [0.3, 0.4) is 0 Å². The molecule has 0 bridgehead atoms. The molecule has 1 fully saturated rings. The normalized spacial score (nSPS) is 19.2. The summed E-state index contributed by atoms with van der Waals surface area (Å²) in [5.74, 6) is 3.57. The molecule has 0 radical (unpaired) electrons. The summed E-state index contributed by atoms with van der Waals surface area (Å²) < 4.78 is 5.88. The van der Waals surface area contributed by atoms with Gasteiger partial charge < -0.3 is 4.74 Å². The largest absolute Gasteiger partial charge is 0.494 e. The van der Waals surface area contributed by atoms with Gasteiger partial charge in [0.2, 0.25) is 0 Å². The second-order valence-corrected chi connectivity index (χ2v) is 9.74. The fraction of sp³-hybridized carbons (Fsp3) is 0.586. The molecule has 1 saturated carbocycles. The molecular formula is C29H42O. The molecule has 0 heterocycles. The van der Waals surface area contributed by atoms with E-state index in [1.807, 2.05) is 0 Å². The lowest BCUT2D eigenvalue weighted by Gasteiger charge is -2.29. The Balaban J connectivity index is 1.47. The molecule has 30 heavy (non-hydrogen) atoms. The van der Waals surface area contributed by atoms with Crippen LogP contribution in [0.4, 0.5) is 0 Å². The lowest BCUT2D eigenvalue weighted by Crippen LogP contribution is -2.14. The second-order valence-electron chi connectivity index (χ2n) is 9.74. The molecule has 2 aromatic carbocycles. The van der Waals surface area contributed by atoms with E-state index in [1.165, 1.54) is 74.5 Å². The quantitative estimate of drug-likeness (QED) is 0.338. The van der Waals surface area contributed by atoms with Gasteiger partial charge in [-0.15, -0.1) is 0 Å². The van der Waals surface area contributed by atoms with Gasteiger partial charge >= 0.3 is 0 Å². The molecule has 0 amide bonds. The van der Waals surface area contributed by atoms with Crippen LogP contribution in [0.5, 0.6) is 5.75 Å². The number of hydrogen-bond acceptors (Lipinski definition) is 1. The summed E-state index contributed by atoms with van der Waals surface area (Å²) in [6.07, 6.45) is 13.4. The monoisotopic (exact) mass is 406 g/mol. The summed E-state index contributed by atoms with van der Waals surface area (Å²) in [4.78, 5) is 0. The first kappa shape index (κ1) is 22.9. The molecule has 0 spiro atoms. The third kappa shape index (κ3) is 7.18. The smallest absolute Gasteiger partial charge is 0.119 e. The number of unbranched alkanes of at least 4 members (excludes halogenated alkanes) is 3. The van der Waals surface area contributed by atoms with Crippen molar-refractivity contribution in [2.45, 2.75) is 90.9 Å². The van der Waals surface area contributed by atoms with Crippen LogP contribution >= 0.6 is 0 Å². The van der Waals surface area contributed by atoms with Gasteiger partial charge in [0, 0.05) is 0 Å². The van der Waals surface area contributed by atoms with Gasteiger partial charge in [-0.05, 0) is 78.7 Å². The molecule has 2 aromatic rings. The maximum absolute atomic E-state index is 5.88. The van der Waals surface area contributed by atoms with E-state index in [0.717, 1.165) is 36.5 Å². The van der Waals surface area contributed by atoms with Gasteiger partial charge in [-0.25, -0.2) is 0 Å². The van der Waals surface area contributed by atoms with Crippen molar-refractivity contribution in [2.75, 3.05) is 6.61 Å². The summed E-state index contributed by atoms with van der Waals surface area (Å²) >= 11 is 0. The van der Waals surface area contributed by atoms with Crippen molar-refractivity contribution in [3.8, 4) is 16.9 Å². The molecule has 0 saturated heterocycles. The Hall–Kier alpha value is -1.76. The Morgan fingerprint density at radius 3 is 2.03 bits per heavy atom. The number of benzene rings is 2. The highest BCUT2D eigenvalue weighted by Crippen LogP contribution is 2.38. The van der Waals surface area contributed by atoms with Crippen LogP contribution in [0, 0.1) is 11.8 Å². The molecule has 3 rings (SSSR count). The van der Waals surface area contributed by atoms with E-state index in [2.05, 4.69) is 69.3 Å². The van der Waals surface area contributed by atoms with Gasteiger partial charge in [-0.3, -0.25) is 0 Å². The fourth-order valence-corrected chi connectivity index (χ4v) is 4.76. The van der Waals surface area contributed by atoms with Crippen molar-refractivity contribution in [2.24, 2.45) is 11.8 Å². The highest BCUT2D eigenvalue weighted by atomic mass is 16.5. The average molecular weight is 407 g/mol. The average Bonchev–Trinajstić information content (AvgIpc) is 2.78. The molecule has 1 heteroatoms. The van der Waals surface area contributed by atoms with Crippen LogP contribution in [-0.2, 0) is 0 Å². The first-order valence-corrected chi connectivity index (χ1v) is 12.5. The van der Waals surface area contributed by atoms with E-state index in [1.54, 1.807) is 0 Å². The Morgan fingerprint density at radius 1 is 0.800 bits per heavy atom. The van der Waals surface area contributed by atoms with Crippen LogP contribution in [0.25, 0.3) is 11.1 Å². The Kier molecular flexibility index (Phi) is 9.30. The van der Waals surface area contributed by atoms with Crippen LogP contribution in [0.1, 0.15) is 96.5 Å². The Bertz CT molecular complexity index is 705. The van der Waals surface area contributed by atoms with E-state index < -0.39 is 0 Å². The zero-order valence-electron chi connectivity index (χ0n) is 19.5. The summed E-state index contributed by atoms with van der Waals surface area (Å²) in [6, 6.07) is 18.0. The molecule has 1 nitrogen and oxygen atoms in total. The van der Waals surface area contributed by atoms with Gasteiger partial charge in [-0.1, -0.05) is 89.3 Å². The molecule has 0 aromatic heterocycles. The third-order valence-corrected chi connectivity index (χ3v) is 6.84. The third-order valence-electron chi connectivity index (χ3n) is 6.84. The minimum absolute atomic E-state index is 0.762. The standard InChI is InChI=1S/C29H42O/c1-4-5-6-7-22-30-29-20-18-28(19-21-29)27-16-14-26(15-17-27)25-12-10-24(11-13-25)9-8-23(2)3/h14-21,23-25H,4-13,22H2,1-3H3. The van der Waals surface area contributed by atoms with Gasteiger partial charge in [0.05, 0.1) is 6.61 Å². The summed E-state index contributed by atoms with van der Waals surface area (Å²) in [5, 5.41) is 0. The Morgan fingerprint density at radius 2 is 1.43 bits per heavy atom. The van der Waals surface area contributed by atoms with E-state index in [4.69, 9.17) is 4.74 Å². The van der Waals surface area contributed by atoms with E-state index in [9.17, 15) is 0 Å². The number of ether oxygens (including phenoxy) is 1. The van der Waals surface area contributed by atoms with E-state index >= 15 is 0 Å². The summed E-state index contributed by atoms with van der Waals surface area (Å²) in [5.41, 5.74) is 4.12. The van der Waals surface area contributed by atoms with Crippen molar-refractivity contribution in [1.82, 2.24) is 0 Å². The predicted molar refractivity (Wildman–Crippen MR) is 130 cm³/mol. The molecule has 0 atom stereocenters. The van der Waals surface area contributed by atoms with Crippen molar-refractivity contribution in [3.63, 3.8) is 0 Å². The van der Waals surface area contributed by atoms with E-state index in [0.29, 0.717) is 0 Å². The zero-order valence-corrected chi connectivity index (χ0v) is 19.5. The van der Waals surface area contributed by atoms with Crippen molar-refractivity contribution in [1.29, 1.82) is 0 Å². The first-order chi connectivity index (χ1) is 14.7. The Labute approximate surface area is 185 Å². The molecule has 1 aliphatic carbocycles. The van der Waals surface area contributed by atoms with Gasteiger partial charge in [-0.2, -0.15) is 0 Å². The highest BCUT2D eigenvalue weighted by molar-refractivity contribution is 5.64. The van der Waals surface area contributed by atoms with Gasteiger partial charge in [0.25, 0.3) is 0 Å². The minimum Gasteiger partial charge on any atom is -0.494 e. The first-order valence-electron chi connectivity index (χ1n) is 12.5. The van der Waals surface area contributed by atoms with Gasteiger partial charge in [0.15, 0.2) is 0 Å². The van der Waals surface area contributed by atoms with Crippen LogP contribution < -0.4 is 4.74 Å². The van der Waals surface area contributed by atoms with Crippen molar-refractivity contribution >= 4 is 0 Å². The van der Waals surface area contributed by atoms with Crippen LogP contribution in [0.2, 0.25) is 0 Å². The zero-order chi connectivity index (χ0) is 21.2. The summed E-state index contributed by atoms with van der Waals surface area (Å²) in [7, 11) is 0. The lowest BCUT2D eigenvalue weighted by molar-refractivity contribution is 0.293. The lowest BCUT2D eigenvalue weighted by atomic mass is 9.76. The molecule has 1 aliphatic rings. The number of hydrogen-bond donors (Lipinski definition) is 0. The van der Waals surface area contributed by atoms with Crippen molar-refractivity contribution in [3.05, 3.63) is 54.1 Å².